The zero-order chi connectivity index (χ0) is 12.4. The van der Waals surface area contributed by atoms with Gasteiger partial charge in [-0.2, -0.15) is 0 Å². The van der Waals surface area contributed by atoms with Crippen molar-refractivity contribution in [1.82, 2.24) is 5.32 Å². The second-order valence-electron chi connectivity index (χ2n) is 6.15. The molecule has 0 heterocycles. The highest BCUT2D eigenvalue weighted by molar-refractivity contribution is 5.78. The fourth-order valence-electron chi connectivity index (χ4n) is 4.02. The number of nitrogens with one attached hydrogen (secondary N) is 1. The maximum absolute atomic E-state index is 12.1. The van der Waals surface area contributed by atoms with Crippen molar-refractivity contribution < 1.29 is 4.79 Å². The van der Waals surface area contributed by atoms with E-state index in [0.717, 1.165) is 30.6 Å². The second kappa shape index (κ2) is 5.41. The summed E-state index contributed by atoms with van der Waals surface area (Å²) < 4.78 is 0. The molecule has 1 N–H and O–H groups in total. The van der Waals surface area contributed by atoms with Crippen LogP contribution in [0.15, 0.2) is 0 Å². The van der Waals surface area contributed by atoms with Crippen molar-refractivity contribution in [2.75, 3.05) is 0 Å². The molecule has 17 heavy (non-hydrogen) atoms. The molecule has 0 aromatic heterocycles. The van der Waals surface area contributed by atoms with Crippen LogP contribution in [0.4, 0.5) is 0 Å². The first kappa shape index (κ1) is 12.9. The molecular formula is C15H27NO. The number of hydrogen-bond donors (Lipinski definition) is 1. The zero-order valence-electron chi connectivity index (χ0n) is 11.5. The first-order valence-corrected chi connectivity index (χ1v) is 7.46. The minimum atomic E-state index is 0.219. The molecule has 2 rings (SSSR count). The fourth-order valence-corrected chi connectivity index (χ4v) is 4.02. The summed E-state index contributed by atoms with van der Waals surface area (Å²) in [4.78, 5) is 12.1. The van der Waals surface area contributed by atoms with Gasteiger partial charge < -0.3 is 5.32 Å². The maximum atomic E-state index is 12.1. The summed E-state index contributed by atoms with van der Waals surface area (Å²) in [7, 11) is 0. The SMILES string of the molecule is CCC(CC)C(=O)N[C@H](C)[C@@H]1C[C@@H]2CC[C@@H]1C2. The first-order chi connectivity index (χ1) is 8.15. The molecule has 2 nitrogen and oxygen atoms in total. The Morgan fingerprint density at radius 3 is 2.41 bits per heavy atom. The monoisotopic (exact) mass is 237 g/mol. The third kappa shape index (κ3) is 2.66. The van der Waals surface area contributed by atoms with Crippen LogP contribution in [0.1, 0.15) is 59.3 Å². The Kier molecular flexibility index (Phi) is 4.11. The average molecular weight is 237 g/mol. The minimum absolute atomic E-state index is 0.219. The van der Waals surface area contributed by atoms with Crippen molar-refractivity contribution >= 4 is 5.91 Å². The zero-order valence-corrected chi connectivity index (χ0v) is 11.5. The van der Waals surface area contributed by atoms with E-state index in [9.17, 15) is 4.79 Å². The Bertz CT molecular complexity index is 272. The van der Waals surface area contributed by atoms with E-state index in [0.29, 0.717) is 6.04 Å². The fraction of sp³-hybridized carbons (Fsp3) is 0.933. The molecule has 2 bridgehead atoms. The largest absolute Gasteiger partial charge is 0.353 e. The van der Waals surface area contributed by atoms with Gasteiger partial charge in [-0.25, -0.2) is 0 Å². The molecule has 2 aliphatic rings. The summed E-state index contributed by atoms with van der Waals surface area (Å²) in [5.74, 6) is 3.13. The summed E-state index contributed by atoms with van der Waals surface area (Å²) >= 11 is 0. The van der Waals surface area contributed by atoms with Gasteiger partial charge in [0.1, 0.15) is 0 Å². The standard InChI is InChI=1S/C15H27NO/c1-4-12(5-2)15(17)16-10(3)14-9-11-6-7-13(14)8-11/h10-14H,4-9H2,1-3H3,(H,16,17)/t10-,11-,13-,14+/m1/s1. The van der Waals surface area contributed by atoms with E-state index in [4.69, 9.17) is 0 Å². The third-order valence-corrected chi connectivity index (χ3v) is 5.16. The summed E-state index contributed by atoms with van der Waals surface area (Å²) in [6, 6.07) is 0.387. The number of hydrogen-bond acceptors (Lipinski definition) is 1. The van der Waals surface area contributed by atoms with Gasteiger partial charge in [-0.15, -0.1) is 0 Å². The van der Waals surface area contributed by atoms with E-state index >= 15 is 0 Å². The molecule has 2 fully saturated rings. The molecule has 0 radical (unpaired) electrons. The predicted molar refractivity (Wildman–Crippen MR) is 70.6 cm³/mol. The summed E-state index contributed by atoms with van der Waals surface area (Å²) in [5, 5.41) is 3.27. The van der Waals surface area contributed by atoms with Gasteiger partial charge >= 0.3 is 0 Å². The molecule has 4 atom stereocenters. The number of fused-ring (bicyclic) bond motifs is 2. The van der Waals surface area contributed by atoms with Crippen molar-refractivity contribution in [3.05, 3.63) is 0 Å². The van der Waals surface area contributed by atoms with Gasteiger partial charge in [0.05, 0.1) is 0 Å². The van der Waals surface area contributed by atoms with Crippen LogP contribution in [0.3, 0.4) is 0 Å². The van der Waals surface area contributed by atoms with Crippen molar-refractivity contribution in [2.45, 2.75) is 65.3 Å². The van der Waals surface area contributed by atoms with Crippen LogP contribution >= 0.6 is 0 Å². The highest BCUT2D eigenvalue weighted by Crippen LogP contribution is 2.49. The van der Waals surface area contributed by atoms with Crippen molar-refractivity contribution in [1.29, 1.82) is 0 Å². The average Bonchev–Trinajstić information content (AvgIpc) is 2.92. The molecule has 0 unspecified atom stereocenters. The predicted octanol–water partition coefficient (Wildman–Crippen LogP) is 3.36. The van der Waals surface area contributed by atoms with E-state index in [2.05, 4.69) is 26.1 Å². The lowest BCUT2D eigenvalue weighted by molar-refractivity contribution is -0.126. The molecule has 0 saturated heterocycles. The molecule has 0 aliphatic heterocycles. The smallest absolute Gasteiger partial charge is 0.223 e. The van der Waals surface area contributed by atoms with Crippen LogP contribution in [0, 0.1) is 23.7 Å². The number of amides is 1. The number of carbonyl (C=O) groups is 1. The molecule has 0 aromatic carbocycles. The summed E-state index contributed by atoms with van der Waals surface area (Å²) in [6.45, 7) is 6.43. The maximum Gasteiger partial charge on any atom is 0.223 e. The molecule has 98 valence electrons. The highest BCUT2D eigenvalue weighted by atomic mass is 16.1. The lowest BCUT2D eigenvalue weighted by Gasteiger charge is -2.29. The van der Waals surface area contributed by atoms with E-state index in [-0.39, 0.29) is 11.8 Å². The van der Waals surface area contributed by atoms with E-state index in [1.54, 1.807) is 0 Å². The van der Waals surface area contributed by atoms with Gasteiger partial charge in [-0.1, -0.05) is 20.3 Å². The van der Waals surface area contributed by atoms with Gasteiger partial charge in [0.2, 0.25) is 5.91 Å². The van der Waals surface area contributed by atoms with Gasteiger partial charge in [0.25, 0.3) is 0 Å². The van der Waals surface area contributed by atoms with Crippen molar-refractivity contribution in [3.8, 4) is 0 Å². The molecule has 0 spiro atoms. The lowest BCUT2D eigenvalue weighted by atomic mass is 9.83. The normalized spacial score (nSPS) is 33.1. The Morgan fingerprint density at radius 1 is 1.24 bits per heavy atom. The second-order valence-corrected chi connectivity index (χ2v) is 6.15. The quantitative estimate of drug-likeness (QED) is 0.780. The van der Waals surface area contributed by atoms with Crippen molar-refractivity contribution in [2.24, 2.45) is 23.7 Å². The highest BCUT2D eigenvalue weighted by Gasteiger charge is 2.42. The molecule has 1 amide bonds. The molecule has 2 saturated carbocycles. The summed E-state index contributed by atoms with van der Waals surface area (Å²) in [5.41, 5.74) is 0. The third-order valence-electron chi connectivity index (χ3n) is 5.16. The Hall–Kier alpha value is -0.530. The Morgan fingerprint density at radius 2 is 1.94 bits per heavy atom. The number of carbonyl (C=O) groups excluding carboxylic acids is 1. The van der Waals surface area contributed by atoms with Crippen LogP contribution in [-0.2, 0) is 4.79 Å². The summed E-state index contributed by atoms with van der Waals surface area (Å²) in [6.07, 6.45) is 7.55. The van der Waals surface area contributed by atoms with Crippen LogP contribution in [0.5, 0.6) is 0 Å². The van der Waals surface area contributed by atoms with Gasteiger partial charge in [-0.3, -0.25) is 4.79 Å². The first-order valence-electron chi connectivity index (χ1n) is 7.46. The van der Waals surface area contributed by atoms with Crippen LogP contribution in [0.25, 0.3) is 0 Å². The Balaban J connectivity index is 1.84. The Labute approximate surface area is 106 Å². The van der Waals surface area contributed by atoms with E-state index < -0.39 is 0 Å². The van der Waals surface area contributed by atoms with Gasteiger partial charge in [0, 0.05) is 12.0 Å². The molecule has 0 aromatic rings. The van der Waals surface area contributed by atoms with Crippen LogP contribution in [0.2, 0.25) is 0 Å². The van der Waals surface area contributed by atoms with E-state index in [1.807, 2.05) is 0 Å². The molecule has 2 aliphatic carbocycles. The number of rotatable bonds is 5. The lowest BCUT2D eigenvalue weighted by Crippen LogP contribution is -2.42. The van der Waals surface area contributed by atoms with Crippen molar-refractivity contribution in [3.63, 3.8) is 0 Å². The van der Waals surface area contributed by atoms with E-state index in [1.165, 1.54) is 25.7 Å². The van der Waals surface area contributed by atoms with Crippen LogP contribution < -0.4 is 5.32 Å². The van der Waals surface area contributed by atoms with Gasteiger partial charge in [0.15, 0.2) is 0 Å². The van der Waals surface area contributed by atoms with Gasteiger partial charge in [-0.05, 0) is 56.8 Å². The molecular weight excluding hydrogens is 210 g/mol. The molecule has 2 heteroatoms. The topological polar surface area (TPSA) is 29.1 Å². The van der Waals surface area contributed by atoms with Crippen LogP contribution in [-0.4, -0.2) is 11.9 Å². The minimum Gasteiger partial charge on any atom is -0.353 e.